The average Bonchev–Trinajstić information content (AvgIpc) is 2.40. The van der Waals surface area contributed by atoms with Gasteiger partial charge in [-0.1, -0.05) is 17.8 Å². The molecule has 1 atom stereocenters. The molecule has 5 heteroatoms. The lowest BCUT2D eigenvalue weighted by molar-refractivity contribution is 0.191. The minimum atomic E-state index is -0.596. The van der Waals surface area contributed by atoms with Crippen molar-refractivity contribution in [3.63, 3.8) is 0 Å². The minimum Gasteiger partial charge on any atom is -0.496 e. The van der Waals surface area contributed by atoms with Crippen molar-refractivity contribution < 1.29 is 9.84 Å². The second-order valence-corrected chi connectivity index (χ2v) is 5.83. The fourth-order valence-electron chi connectivity index (χ4n) is 1.75. The molecule has 19 heavy (non-hydrogen) atoms. The maximum Gasteiger partial charge on any atom is 0.125 e. The van der Waals surface area contributed by atoms with Crippen molar-refractivity contribution in [1.82, 2.24) is 4.98 Å². The van der Waals surface area contributed by atoms with Crippen molar-refractivity contribution in [1.29, 1.82) is 0 Å². The van der Waals surface area contributed by atoms with Gasteiger partial charge in [0.15, 0.2) is 0 Å². The van der Waals surface area contributed by atoms with Gasteiger partial charge in [-0.2, -0.15) is 0 Å². The second kappa shape index (κ2) is 6.41. The summed E-state index contributed by atoms with van der Waals surface area (Å²) in [6, 6.07) is 9.52. The maximum atomic E-state index is 9.94. The monoisotopic (exact) mass is 339 g/mol. The summed E-state index contributed by atoms with van der Waals surface area (Å²) in [5.74, 6) is 0.687. The van der Waals surface area contributed by atoms with Crippen LogP contribution in [0.25, 0.3) is 0 Å². The number of aliphatic hydroxyl groups excluding tert-OH is 1. The van der Waals surface area contributed by atoms with E-state index >= 15 is 0 Å². The molecular formula is C14H14BrNO2S. The first-order valence-corrected chi connectivity index (χ1v) is 7.37. The fraction of sp³-hybridized carbons (Fsp3) is 0.214. The summed E-state index contributed by atoms with van der Waals surface area (Å²) in [6.45, 7) is 1.73. The molecule has 0 saturated carbocycles. The first-order chi connectivity index (χ1) is 9.13. The number of hydrogen-bond acceptors (Lipinski definition) is 4. The molecule has 0 aliphatic heterocycles. The first kappa shape index (κ1) is 14.4. The van der Waals surface area contributed by atoms with E-state index in [1.165, 1.54) is 11.8 Å². The first-order valence-electron chi connectivity index (χ1n) is 5.76. The Kier molecular flexibility index (Phi) is 4.85. The molecule has 0 fully saturated rings. The molecule has 0 amide bonds. The molecule has 0 spiro atoms. The number of aromatic nitrogens is 1. The van der Waals surface area contributed by atoms with Crippen molar-refractivity contribution >= 4 is 27.7 Å². The molecule has 2 aromatic rings. The molecule has 1 aromatic heterocycles. The number of rotatable bonds is 4. The van der Waals surface area contributed by atoms with Crippen molar-refractivity contribution in [2.24, 2.45) is 0 Å². The average molecular weight is 340 g/mol. The van der Waals surface area contributed by atoms with E-state index < -0.39 is 6.10 Å². The van der Waals surface area contributed by atoms with Crippen LogP contribution in [0.3, 0.4) is 0 Å². The summed E-state index contributed by atoms with van der Waals surface area (Å²) in [6.07, 6.45) is 1.15. The van der Waals surface area contributed by atoms with Crippen molar-refractivity contribution in [2.45, 2.75) is 22.9 Å². The predicted molar refractivity (Wildman–Crippen MR) is 79.7 cm³/mol. The second-order valence-electron chi connectivity index (χ2n) is 3.94. The van der Waals surface area contributed by atoms with E-state index in [1.54, 1.807) is 20.2 Å². The number of ether oxygens (including phenoxy) is 1. The van der Waals surface area contributed by atoms with Gasteiger partial charge in [0.25, 0.3) is 0 Å². The number of pyridine rings is 1. The number of aliphatic hydroxyl groups is 1. The largest absolute Gasteiger partial charge is 0.496 e. The lowest BCUT2D eigenvalue weighted by atomic mass is 10.1. The van der Waals surface area contributed by atoms with Crippen LogP contribution >= 0.6 is 27.7 Å². The molecule has 0 radical (unpaired) electrons. The summed E-state index contributed by atoms with van der Waals surface area (Å²) in [5.41, 5.74) is 0.785. The third-order valence-electron chi connectivity index (χ3n) is 2.60. The summed E-state index contributed by atoms with van der Waals surface area (Å²) in [5, 5.41) is 10.8. The van der Waals surface area contributed by atoms with Crippen LogP contribution < -0.4 is 4.74 Å². The van der Waals surface area contributed by atoms with E-state index in [9.17, 15) is 5.11 Å². The Balaban J connectivity index is 2.43. The highest BCUT2D eigenvalue weighted by molar-refractivity contribution is 9.10. The molecule has 0 aliphatic rings. The summed E-state index contributed by atoms with van der Waals surface area (Å²) < 4.78 is 6.24. The molecular weight excluding hydrogens is 326 g/mol. The smallest absolute Gasteiger partial charge is 0.125 e. The van der Waals surface area contributed by atoms with Gasteiger partial charge in [-0.05, 0) is 47.1 Å². The van der Waals surface area contributed by atoms with Crippen LogP contribution in [0, 0.1) is 0 Å². The fourth-order valence-corrected chi connectivity index (χ4v) is 3.27. The third-order valence-corrected chi connectivity index (χ3v) is 4.59. The summed E-state index contributed by atoms with van der Waals surface area (Å²) >= 11 is 4.97. The Morgan fingerprint density at radius 2 is 2.11 bits per heavy atom. The standard InChI is InChI=1S/C14H14BrNO2S/c1-9(17)13-11(18-2)6-3-7-12(13)19-14-10(15)5-4-8-16-14/h3-9,17H,1-2H3/t9-/m0/s1. The summed E-state index contributed by atoms with van der Waals surface area (Å²) in [4.78, 5) is 5.26. The minimum absolute atomic E-state index is 0.596. The van der Waals surface area contributed by atoms with Crippen molar-refractivity contribution in [3.8, 4) is 5.75 Å². The van der Waals surface area contributed by atoms with Gasteiger partial charge >= 0.3 is 0 Å². The Hall–Kier alpha value is -1.04. The van der Waals surface area contributed by atoms with Crippen LogP contribution in [-0.2, 0) is 0 Å². The SMILES string of the molecule is COc1cccc(Sc2ncccc2Br)c1[C@H](C)O. The zero-order valence-electron chi connectivity index (χ0n) is 10.6. The van der Waals surface area contributed by atoms with Gasteiger partial charge in [-0.15, -0.1) is 0 Å². The van der Waals surface area contributed by atoms with Crippen LogP contribution in [0.5, 0.6) is 5.75 Å². The van der Waals surface area contributed by atoms with Crippen molar-refractivity contribution in [3.05, 3.63) is 46.6 Å². The van der Waals surface area contributed by atoms with Gasteiger partial charge in [0.1, 0.15) is 10.8 Å². The molecule has 0 aliphatic carbocycles. The Bertz CT molecular complexity index is 575. The van der Waals surface area contributed by atoms with Gasteiger partial charge < -0.3 is 9.84 Å². The lowest BCUT2D eigenvalue weighted by Gasteiger charge is -2.15. The number of halogens is 1. The van der Waals surface area contributed by atoms with Crippen LogP contribution in [0.1, 0.15) is 18.6 Å². The number of methoxy groups -OCH3 is 1. The topological polar surface area (TPSA) is 42.4 Å². The highest BCUT2D eigenvalue weighted by Gasteiger charge is 2.16. The zero-order chi connectivity index (χ0) is 13.8. The number of benzene rings is 1. The molecule has 1 aromatic carbocycles. The van der Waals surface area contributed by atoms with E-state index in [4.69, 9.17) is 4.74 Å². The highest BCUT2D eigenvalue weighted by atomic mass is 79.9. The molecule has 1 heterocycles. The zero-order valence-corrected chi connectivity index (χ0v) is 13.0. The van der Waals surface area contributed by atoms with Gasteiger partial charge in [-0.25, -0.2) is 4.98 Å². The van der Waals surface area contributed by atoms with Gasteiger partial charge in [0.05, 0.1) is 17.7 Å². The van der Waals surface area contributed by atoms with E-state index in [0.29, 0.717) is 5.75 Å². The Morgan fingerprint density at radius 3 is 2.74 bits per heavy atom. The lowest BCUT2D eigenvalue weighted by Crippen LogP contribution is -1.99. The third kappa shape index (κ3) is 3.29. The van der Waals surface area contributed by atoms with E-state index in [2.05, 4.69) is 20.9 Å². The number of nitrogens with zero attached hydrogens (tertiary/aromatic N) is 1. The van der Waals surface area contributed by atoms with Crippen LogP contribution in [0.15, 0.2) is 50.9 Å². The maximum absolute atomic E-state index is 9.94. The van der Waals surface area contributed by atoms with E-state index in [-0.39, 0.29) is 0 Å². The number of hydrogen-bond donors (Lipinski definition) is 1. The molecule has 0 saturated heterocycles. The molecule has 2 rings (SSSR count). The molecule has 0 unspecified atom stereocenters. The summed E-state index contributed by atoms with van der Waals surface area (Å²) in [7, 11) is 1.60. The molecule has 100 valence electrons. The van der Waals surface area contributed by atoms with E-state index in [1.807, 2.05) is 30.3 Å². The predicted octanol–water partition coefficient (Wildman–Crippen LogP) is 4.06. The van der Waals surface area contributed by atoms with Crippen LogP contribution in [-0.4, -0.2) is 17.2 Å². The van der Waals surface area contributed by atoms with Gasteiger partial charge in [0, 0.05) is 16.7 Å². The van der Waals surface area contributed by atoms with E-state index in [0.717, 1.165) is 20.0 Å². The normalized spacial score (nSPS) is 12.2. The highest BCUT2D eigenvalue weighted by Crippen LogP contribution is 2.39. The molecule has 1 N–H and O–H groups in total. The van der Waals surface area contributed by atoms with Crippen molar-refractivity contribution in [2.75, 3.05) is 7.11 Å². The Labute approximate surface area is 125 Å². The van der Waals surface area contributed by atoms with Gasteiger partial charge in [-0.3, -0.25) is 0 Å². The quantitative estimate of drug-likeness (QED) is 0.912. The van der Waals surface area contributed by atoms with Gasteiger partial charge in [0.2, 0.25) is 0 Å². The molecule has 0 bridgehead atoms. The Morgan fingerprint density at radius 1 is 1.32 bits per heavy atom. The van der Waals surface area contributed by atoms with Crippen LogP contribution in [0.2, 0.25) is 0 Å². The van der Waals surface area contributed by atoms with Crippen LogP contribution in [0.4, 0.5) is 0 Å². The molecule has 3 nitrogen and oxygen atoms in total.